The molecule has 0 aliphatic heterocycles. The van der Waals surface area contributed by atoms with E-state index in [1.54, 1.807) is 0 Å². The molecule has 3 rings (SSSR count). The molecule has 3 aromatic rings. The molecule has 0 saturated heterocycles. The molecule has 0 aliphatic rings. The highest BCUT2D eigenvalue weighted by Crippen LogP contribution is 2.17. The average Bonchev–Trinajstić information content (AvgIpc) is 2.61. The number of aliphatic carboxylic acids is 1. The molecule has 3 aromatic carbocycles. The van der Waals surface area contributed by atoms with E-state index in [1.165, 1.54) is 24.3 Å². The minimum Gasteiger partial charge on any atom is -0.508 e. The Morgan fingerprint density at radius 3 is 2.28 bits per heavy atom. The summed E-state index contributed by atoms with van der Waals surface area (Å²) >= 11 is 0. The van der Waals surface area contributed by atoms with Crippen LogP contribution in [-0.4, -0.2) is 28.1 Å². The van der Waals surface area contributed by atoms with Crippen molar-refractivity contribution < 1.29 is 19.8 Å². The molecular formula is C20H17NO4. The summed E-state index contributed by atoms with van der Waals surface area (Å²) in [6.07, 6.45) is 0.185. The van der Waals surface area contributed by atoms with Crippen LogP contribution in [-0.2, 0) is 11.2 Å². The zero-order valence-electron chi connectivity index (χ0n) is 13.3. The maximum atomic E-state index is 12.2. The lowest BCUT2D eigenvalue weighted by atomic mass is 10.0. The predicted molar refractivity (Wildman–Crippen MR) is 94.6 cm³/mol. The van der Waals surface area contributed by atoms with Gasteiger partial charge in [0.15, 0.2) is 0 Å². The van der Waals surface area contributed by atoms with Gasteiger partial charge in [0.1, 0.15) is 11.8 Å². The van der Waals surface area contributed by atoms with Crippen molar-refractivity contribution in [2.45, 2.75) is 12.5 Å². The number of phenols is 1. The van der Waals surface area contributed by atoms with Gasteiger partial charge in [0, 0.05) is 12.0 Å². The largest absolute Gasteiger partial charge is 0.508 e. The molecule has 126 valence electrons. The Morgan fingerprint density at radius 1 is 0.920 bits per heavy atom. The van der Waals surface area contributed by atoms with Crippen LogP contribution in [0.15, 0.2) is 66.7 Å². The van der Waals surface area contributed by atoms with Crippen LogP contribution in [0.4, 0.5) is 0 Å². The summed E-state index contributed by atoms with van der Waals surface area (Å²) in [6.45, 7) is 0. The molecule has 0 saturated carbocycles. The van der Waals surface area contributed by atoms with E-state index < -0.39 is 17.9 Å². The van der Waals surface area contributed by atoms with Gasteiger partial charge in [-0.15, -0.1) is 0 Å². The number of carbonyl (C=O) groups excluding carboxylic acids is 1. The van der Waals surface area contributed by atoms with E-state index >= 15 is 0 Å². The summed E-state index contributed by atoms with van der Waals surface area (Å²) in [4.78, 5) is 23.8. The van der Waals surface area contributed by atoms with Gasteiger partial charge >= 0.3 is 5.97 Å². The van der Waals surface area contributed by atoms with E-state index in [1.807, 2.05) is 42.5 Å². The first-order chi connectivity index (χ1) is 12.0. The SMILES string of the molecule is O=C(NC(Cc1ccc2ccccc2c1)C(=O)O)c1ccc(O)cc1. The highest BCUT2D eigenvalue weighted by Gasteiger charge is 2.21. The number of aromatic hydroxyl groups is 1. The fourth-order valence-electron chi connectivity index (χ4n) is 2.66. The van der Waals surface area contributed by atoms with E-state index in [2.05, 4.69) is 5.32 Å². The smallest absolute Gasteiger partial charge is 0.326 e. The Balaban J connectivity index is 1.77. The molecule has 5 heteroatoms. The first-order valence-corrected chi connectivity index (χ1v) is 7.83. The normalized spacial score (nSPS) is 11.8. The molecule has 25 heavy (non-hydrogen) atoms. The maximum Gasteiger partial charge on any atom is 0.326 e. The van der Waals surface area contributed by atoms with Crippen molar-refractivity contribution >= 4 is 22.6 Å². The predicted octanol–water partition coefficient (Wildman–Crippen LogP) is 2.97. The van der Waals surface area contributed by atoms with Crippen molar-refractivity contribution in [2.75, 3.05) is 0 Å². The molecule has 0 spiro atoms. The third-order valence-corrected chi connectivity index (χ3v) is 3.99. The zero-order chi connectivity index (χ0) is 17.8. The van der Waals surface area contributed by atoms with Gasteiger partial charge in [-0.2, -0.15) is 0 Å². The summed E-state index contributed by atoms with van der Waals surface area (Å²) in [5.41, 5.74) is 1.12. The van der Waals surface area contributed by atoms with Crippen molar-refractivity contribution in [3.63, 3.8) is 0 Å². The number of carboxylic acid groups (broad SMARTS) is 1. The third-order valence-electron chi connectivity index (χ3n) is 3.99. The summed E-state index contributed by atoms with van der Waals surface area (Å²) in [5.74, 6) is -1.55. The van der Waals surface area contributed by atoms with Crippen molar-refractivity contribution in [2.24, 2.45) is 0 Å². The van der Waals surface area contributed by atoms with Gasteiger partial charge in [-0.05, 0) is 40.6 Å². The van der Waals surface area contributed by atoms with E-state index in [0.29, 0.717) is 5.56 Å². The van der Waals surface area contributed by atoms with E-state index in [0.717, 1.165) is 16.3 Å². The van der Waals surface area contributed by atoms with Crippen molar-refractivity contribution in [3.8, 4) is 5.75 Å². The van der Waals surface area contributed by atoms with Gasteiger partial charge in [-0.3, -0.25) is 4.79 Å². The Bertz CT molecular complexity index is 918. The second-order valence-corrected chi connectivity index (χ2v) is 5.80. The second kappa shape index (κ2) is 7.05. The number of rotatable bonds is 5. The van der Waals surface area contributed by atoms with E-state index in [-0.39, 0.29) is 12.2 Å². The third kappa shape index (κ3) is 3.95. The molecule has 0 aliphatic carbocycles. The fourth-order valence-corrected chi connectivity index (χ4v) is 2.66. The van der Waals surface area contributed by atoms with Crippen molar-refractivity contribution in [1.82, 2.24) is 5.32 Å². The Morgan fingerprint density at radius 2 is 1.60 bits per heavy atom. The lowest BCUT2D eigenvalue weighted by Crippen LogP contribution is -2.42. The van der Waals surface area contributed by atoms with Crippen LogP contribution in [0.3, 0.4) is 0 Å². The number of hydrogen-bond donors (Lipinski definition) is 3. The van der Waals surface area contributed by atoms with Gasteiger partial charge in [-0.1, -0.05) is 42.5 Å². The quantitative estimate of drug-likeness (QED) is 0.669. The number of nitrogens with one attached hydrogen (secondary N) is 1. The van der Waals surface area contributed by atoms with Gasteiger partial charge in [0.2, 0.25) is 0 Å². The van der Waals surface area contributed by atoms with Gasteiger partial charge in [0.05, 0.1) is 0 Å². The van der Waals surface area contributed by atoms with Gasteiger partial charge in [0.25, 0.3) is 5.91 Å². The number of benzene rings is 3. The molecule has 0 bridgehead atoms. The zero-order valence-corrected chi connectivity index (χ0v) is 13.3. The van der Waals surface area contributed by atoms with Crippen LogP contribution >= 0.6 is 0 Å². The number of phenolic OH excluding ortho intramolecular Hbond substituents is 1. The second-order valence-electron chi connectivity index (χ2n) is 5.80. The van der Waals surface area contributed by atoms with Crippen LogP contribution in [0.1, 0.15) is 15.9 Å². The topological polar surface area (TPSA) is 86.6 Å². The fraction of sp³-hybridized carbons (Fsp3) is 0.100. The number of amides is 1. The Kier molecular flexibility index (Phi) is 4.66. The summed E-state index contributed by atoms with van der Waals surface area (Å²) in [6, 6.07) is 18.2. The van der Waals surface area contributed by atoms with Crippen LogP contribution < -0.4 is 5.32 Å². The van der Waals surface area contributed by atoms with Crippen molar-refractivity contribution in [1.29, 1.82) is 0 Å². The van der Waals surface area contributed by atoms with Gasteiger partial charge in [-0.25, -0.2) is 4.79 Å². The summed E-state index contributed by atoms with van der Waals surface area (Å²) in [7, 11) is 0. The minimum absolute atomic E-state index is 0.0440. The number of hydrogen-bond acceptors (Lipinski definition) is 3. The van der Waals surface area contributed by atoms with Crippen LogP contribution in [0.25, 0.3) is 10.8 Å². The summed E-state index contributed by atoms with van der Waals surface area (Å²) in [5, 5.41) is 23.3. The molecule has 0 radical (unpaired) electrons. The minimum atomic E-state index is -1.10. The van der Waals surface area contributed by atoms with E-state index in [9.17, 15) is 19.8 Å². The molecule has 1 atom stereocenters. The van der Waals surface area contributed by atoms with Crippen molar-refractivity contribution in [3.05, 3.63) is 77.9 Å². The lowest BCUT2D eigenvalue weighted by molar-refractivity contribution is -0.139. The standard InChI is InChI=1S/C20H17NO4/c22-17-9-7-15(8-10-17)19(23)21-18(20(24)25)12-13-5-6-14-3-1-2-4-16(14)11-13/h1-11,18,22H,12H2,(H,21,23)(H,24,25). The monoisotopic (exact) mass is 335 g/mol. The average molecular weight is 335 g/mol. The maximum absolute atomic E-state index is 12.2. The molecule has 0 aromatic heterocycles. The lowest BCUT2D eigenvalue weighted by Gasteiger charge is -2.15. The van der Waals surface area contributed by atoms with Crippen LogP contribution in [0, 0.1) is 0 Å². The van der Waals surface area contributed by atoms with Crippen LogP contribution in [0.2, 0.25) is 0 Å². The molecular weight excluding hydrogens is 318 g/mol. The Labute approximate surface area is 144 Å². The summed E-state index contributed by atoms with van der Waals surface area (Å²) < 4.78 is 0. The van der Waals surface area contributed by atoms with Crippen LogP contribution in [0.5, 0.6) is 5.75 Å². The number of carboxylic acids is 1. The molecule has 3 N–H and O–H groups in total. The number of fused-ring (bicyclic) bond motifs is 1. The molecule has 5 nitrogen and oxygen atoms in total. The number of carbonyl (C=O) groups is 2. The molecule has 1 unspecified atom stereocenters. The molecule has 1 amide bonds. The first-order valence-electron chi connectivity index (χ1n) is 7.83. The van der Waals surface area contributed by atoms with Gasteiger partial charge < -0.3 is 15.5 Å². The highest BCUT2D eigenvalue weighted by molar-refractivity contribution is 5.96. The highest BCUT2D eigenvalue weighted by atomic mass is 16.4. The Hall–Kier alpha value is -3.34. The molecule has 0 heterocycles. The first kappa shape index (κ1) is 16.5. The van der Waals surface area contributed by atoms with E-state index in [4.69, 9.17) is 0 Å². The molecule has 0 fully saturated rings.